The van der Waals surface area contributed by atoms with E-state index in [9.17, 15) is 39.5 Å². The van der Waals surface area contributed by atoms with Crippen LogP contribution in [0.1, 0.15) is 22.3 Å². The summed E-state index contributed by atoms with van der Waals surface area (Å²) >= 11 is 0. The van der Waals surface area contributed by atoms with Crippen molar-refractivity contribution in [1.29, 1.82) is 0 Å². The summed E-state index contributed by atoms with van der Waals surface area (Å²) in [4.78, 5) is 14.5. The van der Waals surface area contributed by atoms with Gasteiger partial charge in [0.2, 0.25) is 0 Å². The van der Waals surface area contributed by atoms with Crippen molar-refractivity contribution in [2.24, 2.45) is 0 Å². The van der Waals surface area contributed by atoms with Gasteiger partial charge in [-0.3, -0.25) is 0 Å². The maximum Gasteiger partial charge on any atom is 0.416 e. The van der Waals surface area contributed by atoms with Crippen LogP contribution >= 0.6 is 0 Å². The fraction of sp³-hybridized carbons (Fsp3) is 0.0816. The standard InChI is InChI=1S/C49H28F9N5/c1-27-12-16-36-37-17-13-31(47(50,51)52)23-41(37)62(40(36)20-27)34-21-30(46-60-44(28-8-4-2-5-9-28)59-45(61-46)29-10-6-3-7-11-29)22-35(26-34)63-42-24-32(48(53,54)55)14-18-38(42)39-19-15-33(25-43(39)63)49(56,57)58/h2-26H,1H3. The SMILES string of the molecule is Cc1ccc2c3ccc(C(F)(F)F)cc3n(-c3cc(-c4nc(-c5ccccc5)nc(-c5ccccc5)n4)cc(-n4c5cc(C(F)(F)F)ccc5c5ccc(C(F)(F)F)cc54)c3)c2c1. The number of aromatic nitrogens is 5. The van der Waals surface area contributed by atoms with E-state index in [-0.39, 0.29) is 61.7 Å². The lowest BCUT2D eigenvalue weighted by Gasteiger charge is -2.17. The minimum atomic E-state index is -4.82. The molecule has 0 aliphatic heterocycles. The van der Waals surface area contributed by atoms with E-state index >= 15 is 0 Å². The molecule has 0 amide bonds. The zero-order valence-electron chi connectivity index (χ0n) is 32.6. The van der Waals surface area contributed by atoms with Crippen LogP contribution in [0.25, 0.3) is 89.2 Å². The van der Waals surface area contributed by atoms with Gasteiger partial charge in [-0.15, -0.1) is 0 Å². The van der Waals surface area contributed by atoms with E-state index in [2.05, 4.69) is 0 Å². The first-order chi connectivity index (χ1) is 30.0. The number of fused-ring (bicyclic) bond motifs is 6. The van der Waals surface area contributed by atoms with Gasteiger partial charge in [-0.05, 0) is 73.2 Å². The Kier molecular flexibility index (Phi) is 9.00. The lowest BCUT2D eigenvalue weighted by atomic mass is 10.1. The van der Waals surface area contributed by atoms with Gasteiger partial charge in [-0.25, -0.2) is 15.0 Å². The number of hydrogen-bond acceptors (Lipinski definition) is 3. The van der Waals surface area contributed by atoms with Crippen molar-refractivity contribution in [3.05, 3.63) is 174 Å². The summed E-state index contributed by atoms with van der Waals surface area (Å²) < 4.78 is 132. The van der Waals surface area contributed by atoms with Gasteiger partial charge >= 0.3 is 18.5 Å². The van der Waals surface area contributed by atoms with Crippen molar-refractivity contribution < 1.29 is 39.5 Å². The molecule has 0 radical (unpaired) electrons. The van der Waals surface area contributed by atoms with Crippen LogP contribution in [0.2, 0.25) is 0 Å². The zero-order valence-corrected chi connectivity index (χ0v) is 32.6. The molecular weight excluding hydrogens is 830 g/mol. The van der Waals surface area contributed by atoms with E-state index in [4.69, 9.17) is 15.0 Å². The van der Waals surface area contributed by atoms with Crippen molar-refractivity contribution in [1.82, 2.24) is 24.1 Å². The van der Waals surface area contributed by atoms with Crippen LogP contribution < -0.4 is 0 Å². The van der Waals surface area contributed by atoms with Crippen molar-refractivity contribution in [3.63, 3.8) is 0 Å². The third-order valence-electron chi connectivity index (χ3n) is 11.0. The second kappa shape index (κ2) is 14.3. The topological polar surface area (TPSA) is 48.5 Å². The number of benzene rings is 7. The highest BCUT2D eigenvalue weighted by atomic mass is 19.4. The summed E-state index contributed by atoms with van der Waals surface area (Å²) in [7, 11) is 0. The second-order valence-corrected chi connectivity index (χ2v) is 15.2. The normalized spacial score (nSPS) is 12.6. The van der Waals surface area contributed by atoms with Crippen LogP contribution in [-0.4, -0.2) is 24.1 Å². The van der Waals surface area contributed by atoms with Crippen molar-refractivity contribution in [2.75, 3.05) is 0 Å². The molecule has 0 N–H and O–H groups in total. The molecule has 0 unspecified atom stereocenters. The molecule has 7 aromatic carbocycles. The van der Waals surface area contributed by atoms with Crippen LogP contribution in [0.15, 0.2) is 152 Å². The lowest BCUT2D eigenvalue weighted by molar-refractivity contribution is -0.138. The van der Waals surface area contributed by atoms with E-state index in [1.807, 2.05) is 25.1 Å². The van der Waals surface area contributed by atoms with Crippen molar-refractivity contribution in [3.8, 4) is 45.5 Å². The smallest absolute Gasteiger partial charge is 0.309 e. The van der Waals surface area contributed by atoms with Gasteiger partial charge < -0.3 is 9.13 Å². The molecule has 312 valence electrons. The summed E-state index contributed by atoms with van der Waals surface area (Å²) in [6, 6.07) is 37.4. The summed E-state index contributed by atoms with van der Waals surface area (Å²) in [6.45, 7) is 1.82. The molecule has 0 aliphatic rings. The van der Waals surface area contributed by atoms with Crippen LogP contribution in [0, 0.1) is 6.92 Å². The molecule has 5 nitrogen and oxygen atoms in total. The lowest BCUT2D eigenvalue weighted by Crippen LogP contribution is -2.07. The van der Waals surface area contributed by atoms with E-state index in [0.29, 0.717) is 27.4 Å². The molecule has 63 heavy (non-hydrogen) atoms. The number of alkyl halides is 9. The first-order valence-electron chi connectivity index (χ1n) is 19.4. The van der Waals surface area contributed by atoms with Crippen LogP contribution in [0.4, 0.5) is 39.5 Å². The molecule has 0 bridgehead atoms. The fourth-order valence-corrected chi connectivity index (χ4v) is 8.15. The third-order valence-corrected chi connectivity index (χ3v) is 11.0. The molecule has 0 spiro atoms. The monoisotopic (exact) mass is 857 g/mol. The Labute approximate surface area is 351 Å². The highest BCUT2D eigenvalue weighted by molar-refractivity contribution is 6.11. The molecular formula is C49H28F9N5. The average Bonchev–Trinajstić information content (AvgIpc) is 3.77. The van der Waals surface area contributed by atoms with E-state index < -0.39 is 35.2 Å². The van der Waals surface area contributed by atoms with Gasteiger partial charge in [0.15, 0.2) is 17.5 Å². The van der Waals surface area contributed by atoms with Gasteiger partial charge in [0.05, 0.1) is 38.8 Å². The number of aryl methyl sites for hydroxylation is 1. The minimum absolute atomic E-state index is 0.0646. The third kappa shape index (κ3) is 7.01. The first-order valence-corrected chi connectivity index (χ1v) is 19.4. The van der Waals surface area contributed by atoms with E-state index in [1.165, 1.54) is 28.8 Å². The maximum absolute atomic E-state index is 14.4. The molecule has 3 heterocycles. The number of rotatable bonds is 5. The molecule has 0 atom stereocenters. The van der Waals surface area contributed by atoms with Gasteiger partial charge in [0.25, 0.3) is 0 Å². The Morgan fingerprint density at radius 1 is 0.349 bits per heavy atom. The average molecular weight is 858 g/mol. The molecule has 0 aliphatic carbocycles. The van der Waals surface area contributed by atoms with Crippen LogP contribution in [0.3, 0.4) is 0 Å². The number of nitrogens with zero attached hydrogens (tertiary/aromatic N) is 5. The van der Waals surface area contributed by atoms with E-state index in [0.717, 1.165) is 42.0 Å². The summed E-state index contributed by atoms with van der Waals surface area (Å²) in [5.74, 6) is 0.594. The van der Waals surface area contributed by atoms with Gasteiger partial charge in [0, 0.05) is 49.6 Å². The fourth-order valence-electron chi connectivity index (χ4n) is 8.15. The molecule has 0 saturated heterocycles. The van der Waals surface area contributed by atoms with Crippen LogP contribution in [0.5, 0.6) is 0 Å². The number of hydrogen-bond donors (Lipinski definition) is 0. The van der Waals surface area contributed by atoms with Gasteiger partial charge in [-0.2, -0.15) is 39.5 Å². The minimum Gasteiger partial charge on any atom is -0.309 e. The summed E-state index contributed by atoms with van der Waals surface area (Å²) in [6.07, 6.45) is -14.4. The van der Waals surface area contributed by atoms with Gasteiger partial charge in [0.1, 0.15) is 0 Å². The number of halogens is 9. The van der Waals surface area contributed by atoms with Gasteiger partial charge in [-0.1, -0.05) is 91.0 Å². The molecule has 10 rings (SSSR count). The molecule has 3 aromatic heterocycles. The predicted molar refractivity (Wildman–Crippen MR) is 225 cm³/mol. The molecule has 0 saturated carbocycles. The van der Waals surface area contributed by atoms with Crippen LogP contribution in [-0.2, 0) is 18.5 Å². The summed E-state index contributed by atoms with van der Waals surface area (Å²) in [5.41, 5.74) is 0.0797. The Morgan fingerprint density at radius 3 is 1.05 bits per heavy atom. The highest BCUT2D eigenvalue weighted by Gasteiger charge is 2.34. The Morgan fingerprint density at radius 2 is 0.683 bits per heavy atom. The first kappa shape index (κ1) is 39.6. The maximum atomic E-state index is 14.4. The molecule has 10 aromatic rings. The summed E-state index contributed by atoms with van der Waals surface area (Å²) in [5, 5.41) is 1.55. The van der Waals surface area contributed by atoms with E-state index in [1.54, 1.807) is 77.4 Å². The largest absolute Gasteiger partial charge is 0.416 e. The Hall–Kier alpha value is -7.48. The zero-order chi connectivity index (χ0) is 44.0. The second-order valence-electron chi connectivity index (χ2n) is 15.2. The molecule has 14 heteroatoms. The Bertz CT molecular complexity index is 3290. The quantitative estimate of drug-likeness (QED) is 0.162. The molecule has 0 fully saturated rings. The van der Waals surface area contributed by atoms with Crippen molar-refractivity contribution in [2.45, 2.75) is 25.5 Å². The highest BCUT2D eigenvalue weighted by Crippen LogP contribution is 2.43. The Balaban J connectivity index is 1.36. The predicted octanol–water partition coefficient (Wildman–Crippen LogP) is 14.4. The van der Waals surface area contributed by atoms with Crippen molar-refractivity contribution >= 4 is 43.6 Å².